The molecule has 2 aromatic rings. The summed E-state index contributed by atoms with van der Waals surface area (Å²) in [5, 5.41) is 3.38. The number of aryl methyl sites for hydroxylation is 1. The minimum Gasteiger partial charge on any atom is -0.325 e. The fourth-order valence-electron chi connectivity index (χ4n) is 3.32. The Morgan fingerprint density at radius 3 is 2.69 bits per heavy atom. The molecule has 0 spiro atoms. The van der Waals surface area contributed by atoms with Crippen molar-refractivity contribution in [1.82, 2.24) is 4.90 Å². The summed E-state index contributed by atoms with van der Waals surface area (Å²) < 4.78 is 0. The molecule has 2 heterocycles. The van der Waals surface area contributed by atoms with Crippen molar-refractivity contribution in [2.24, 2.45) is 9.98 Å². The van der Waals surface area contributed by atoms with Gasteiger partial charge < -0.3 is 5.32 Å². The van der Waals surface area contributed by atoms with Crippen molar-refractivity contribution in [3.63, 3.8) is 0 Å². The second kappa shape index (κ2) is 8.21. The number of amides is 2. The first-order chi connectivity index (χ1) is 14.1. The predicted molar refractivity (Wildman–Crippen MR) is 118 cm³/mol. The zero-order valence-corrected chi connectivity index (χ0v) is 17.2. The molecule has 0 fully saturated rings. The third kappa shape index (κ3) is 3.96. The Labute approximate surface area is 174 Å². The first kappa shape index (κ1) is 19.4. The molecule has 0 saturated carbocycles. The molecule has 2 amide bonds. The van der Waals surface area contributed by atoms with Gasteiger partial charge in [-0.15, -0.1) is 0 Å². The summed E-state index contributed by atoms with van der Waals surface area (Å²) in [5.74, 6) is 0.586. The van der Waals surface area contributed by atoms with E-state index in [-0.39, 0.29) is 23.6 Å². The van der Waals surface area contributed by atoms with Crippen LogP contribution in [0.2, 0.25) is 0 Å². The highest BCUT2D eigenvalue weighted by atomic mass is 32.2. The summed E-state index contributed by atoms with van der Waals surface area (Å²) in [4.78, 5) is 36.2. The maximum atomic E-state index is 12.9. The highest BCUT2D eigenvalue weighted by molar-refractivity contribution is 8.14. The monoisotopic (exact) mass is 406 g/mol. The van der Waals surface area contributed by atoms with Gasteiger partial charge in [-0.2, -0.15) is 0 Å². The van der Waals surface area contributed by atoms with Crippen LogP contribution in [0.15, 0.2) is 58.5 Å². The fourth-order valence-corrected chi connectivity index (χ4v) is 4.13. The smallest absolute Gasteiger partial charge is 0.259 e. The van der Waals surface area contributed by atoms with Crippen LogP contribution in [0.5, 0.6) is 0 Å². The zero-order valence-electron chi connectivity index (χ0n) is 16.4. The average Bonchev–Trinajstić information content (AvgIpc) is 3.05. The largest absolute Gasteiger partial charge is 0.325 e. The molecule has 7 heteroatoms. The number of thioether (sulfide) groups is 1. The molecule has 2 aliphatic heterocycles. The Morgan fingerprint density at radius 1 is 1.17 bits per heavy atom. The minimum absolute atomic E-state index is 0.0680. The Kier molecular flexibility index (Phi) is 5.49. The maximum absolute atomic E-state index is 12.9. The zero-order chi connectivity index (χ0) is 20.4. The van der Waals surface area contributed by atoms with Crippen LogP contribution in [0.1, 0.15) is 30.9 Å². The number of hydrogen-bond acceptors (Lipinski definition) is 5. The van der Waals surface area contributed by atoms with Crippen molar-refractivity contribution in [2.45, 2.75) is 32.7 Å². The van der Waals surface area contributed by atoms with E-state index in [0.29, 0.717) is 17.4 Å². The van der Waals surface area contributed by atoms with E-state index >= 15 is 0 Å². The lowest BCUT2D eigenvalue weighted by Gasteiger charge is -2.25. The molecule has 2 aliphatic rings. The van der Waals surface area contributed by atoms with E-state index in [9.17, 15) is 9.59 Å². The number of nitrogens with one attached hydrogen (secondary N) is 1. The van der Waals surface area contributed by atoms with Gasteiger partial charge in [0.1, 0.15) is 11.9 Å². The Morgan fingerprint density at radius 2 is 1.93 bits per heavy atom. The van der Waals surface area contributed by atoms with Crippen molar-refractivity contribution < 1.29 is 9.59 Å². The average molecular weight is 407 g/mol. The van der Waals surface area contributed by atoms with Crippen molar-refractivity contribution in [2.75, 3.05) is 11.1 Å². The van der Waals surface area contributed by atoms with Gasteiger partial charge in [0.05, 0.1) is 11.4 Å². The second-order valence-electron chi connectivity index (χ2n) is 7.05. The number of carbonyl (C=O) groups is 2. The number of amidine groups is 2. The van der Waals surface area contributed by atoms with Gasteiger partial charge in [-0.25, -0.2) is 9.89 Å². The lowest BCUT2D eigenvalue weighted by molar-refractivity contribution is -0.124. The first-order valence-electron chi connectivity index (χ1n) is 9.66. The Hall–Kier alpha value is -2.93. The number of aliphatic imine (C=N–C) groups is 2. The van der Waals surface area contributed by atoms with E-state index in [4.69, 9.17) is 0 Å². The number of hydrogen-bond donors (Lipinski definition) is 1. The molecule has 0 saturated heterocycles. The minimum atomic E-state index is -0.381. The topological polar surface area (TPSA) is 74.1 Å². The summed E-state index contributed by atoms with van der Waals surface area (Å²) in [6.07, 6.45) is 1.58. The normalized spacial score (nSPS) is 17.4. The molecule has 29 heavy (non-hydrogen) atoms. The molecule has 0 bridgehead atoms. The third-order valence-corrected chi connectivity index (χ3v) is 5.72. The highest BCUT2D eigenvalue weighted by Crippen LogP contribution is 2.34. The summed E-state index contributed by atoms with van der Waals surface area (Å²) in [7, 11) is 0. The van der Waals surface area contributed by atoms with Crippen LogP contribution in [0.25, 0.3) is 0 Å². The SMILES string of the molecule is CCCC1N=C2c3ccccc3N=C(SCC(=O)Nc3ccc(C)cc3)N2C1=O. The van der Waals surface area contributed by atoms with E-state index in [1.54, 1.807) is 4.90 Å². The number of anilines is 1. The van der Waals surface area contributed by atoms with Crippen LogP contribution in [0.3, 0.4) is 0 Å². The van der Waals surface area contributed by atoms with E-state index < -0.39 is 0 Å². The van der Waals surface area contributed by atoms with E-state index in [0.717, 1.165) is 28.9 Å². The van der Waals surface area contributed by atoms with Crippen molar-refractivity contribution in [3.8, 4) is 0 Å². The number of rotatable bonds is 5. The molecular weight excluding hydrogens is 384 g/mol. The van der Waals surface area contributed by atoms with Gasteiger partial charge in [0.25, 0.3) is 5.91 Å². The molecule has 1 atom stereocenters. The maximum Gasteiger partial charge on any atom is 0.259 e. The van der Waals surface area contributed by atoms with Gasteiger partial charge in [-0.1, -0.05) is 54.9 Å². The van der Waals surface area contributed by atoms with Crippen LogP contribution in [-0.2, 0) is 9.59 Å². The van der Waals surface area contributed by atoms with Gasteiger partial charge in [0.15, 0.2) is 5.17 Å². The van der Waals surface area contributed by atoms with Gasteiger partial charge in [-0.3, -0.25) is 14.6 Å². The van der Waals surface area contributed by atoms with Crippen LogP contribution < -0.4 is 5.32 Å². The van der Waals surface area contributed by atoms with Crippen LogP contribution in [0.4, 0.5) is 11.4 Å². The standard InChI is InChI=1S/C22H22N4O2S/c1-3-6-18-21(28)26-20(24-18)16-7-4-5-8-17(16)25-22(26)29-13-19(27)23-15-11-9-14(2)10-12-15/h4-5,7-12,18H,3,6,13H2,1-2H3,(H,23,27). The predicted octanol–water partition coefficient (Wildman–Crippen LogP) is 4.13. The Bertz CT molecular complexity index is 1010. The summed E-state index contributed by atoms with van der Waals surface area (Å²) in [6.45, 7) is 4.04. The van der Waals surface area contributed by atoms with Crippen molar-refractivity contribution in [1.29, 1.82) is 0 Å². The third-order valence-electron chi connectivity index (χ3n) is 4.78. The van der Waals surface area contributed by atoms with Gasteiger partial charge in [-0.05, 0) is 37.6 Å². The number of benzene rings is 2. The van der Waals surface area contributed by atoms with Crippen molar-refractivity contribution in [3.05, 3.63) is 59.7 Å². The van der Waals surface area contributed by atoms with Gasteiger partial charge in [0, 0.05) is 11.3 Å². The molecule has 4 rings (SSSR count). The number of nitrogens with zero attached hydrogens (tertiary/aromatic N) is 3. The van der Waals surface area contributed by atoms with E-state index in [2.05, 4.69) is 15.3 Å². The van der Waals surface area contributed by atoms with E-state index in [1.165, 1.54) is 11.8 Å². The fraction of sp³-hybridized carbons (Fsp3) is 0.273. The van der Waals surface area contributed by atoms with E-state index in [1.807, 2.05) is 62.4 Å². The molecule has 148 valence electrons. The lowest BCUT2D eigenvalue weighted by Crippen LogP contribution is -2.41. The summed E-state index contributed by atoms with van der Waals surface area (Å²) >= 11 is 1.25. The number of fused-ring (bicyclic) bond motifs is 3. The molecule has 0 aliphatic carbocycles. The number of para-hydroxylation sites is 1. The molecule has 1 N–H and O–H groups in total. The molecule has 0 aromatic heterocycles. The highest BCUT2D eigenvalue weighted by Gasteiger charge is 2.40. The van der Waals surface area contributed by atoms with Gasteiger partial charge in [0.2, 0.25) is 5.91 Å². The molecule has 0 radical (unpaired) electrons. The summed E-state index contributed by atoms with van der Waals surface area (Å²) in [5.41, 5.74) is 3.51. The summed E-state index contributed by atoms with van der Waals surface area (Å²) in [6, 6.07) is 14.9. The molecule has 1 unspecified atom stereocenters. The quantitative estimate of drug-likeness (QED) is 0.811. The van der Waals surface area contributed by atoms with Crippen LogP contribution in [0, 0.1) is 6.92 Å². The van der Waals surface area contributed by atoms with Crippen LogP contribution in [-0.4, -0.2) is 39.5 Å². The molecule has 6 nitrogen and oxygen atoms in total. The molecular formula is C22H22N4O2S. The first-order valence-corrected chi connectivity index (χ1v) is 10.6. The lowest BCUT2D eigenvalue weighted by atomic mass is 10.1. The molecule has 2 aromatic carbocycles. The second-order valence-corrected chi connectivity index (χ2v) is 7.99. The van der Waals surface area contributed by atoms with Crippen molar-refractivity contribution >= 4 is 46.0 Å². The Balaban J connectivity index is 1.53. The number of carbonyl (C=O) groups excluding carboxylic acids is 2. The van der Waals surface area contributed by atoms with Gasteiger partial charge >= 0.3 is 0 Å². The van der Waals surface area contributed by atoms with Crippen LogP contribution >= 0.6 is 11.8 Å².